The summed E-state index contributed by atoms with van der Waals surface area (Å²) in [7, 11) is 0. The number of hydrogen-bond donors (Lipinski definition) is 1. The largest absolute Gasteiger partial charge is 0.339 e. The van der Waals surface area contributed by atoms with E-state index in [4.69, 9.17) is 5.73 Å². The van der Waals surface area contributed by atoms with Crippen LogP contribution in [0.25, 0.3) is 0 Å². The summed E-state index contributed by atoms with van der Waals surface area (Å²) < 4.78 is 0. The average molecular weight is 315 g/mol. The minimum atomic E-state index is 0.178. The van der Waals surface area contributed by atoms with Gasteiger partial charge in [-0.1, -0.05) is 24.6 Å². The van der Waals surface area contributed by atoms with Crippen molar-refractivity contribution in [2.75, 3.05) is 19.6 Å². The van der Waals surface area contributed by atoms with Gasteiger partial charge in [-0.25, -0.2) is 0 Å². The van der Waals surface area contributed by atoms with Gasteiger partial charge < -0.3 is 10.6 Å². The molecule has 2 heterocycles. The van der Waals surface area contributed by atoms with Crippen LogP contribution in [-0.2, 0) is 6.54 Å². The van der Waals surface area contributed by atoms with Crippen molar-refractivity contribution in [3.63, 3.8) is 0 Å². The van der Waals surface area contributed by atoms with Gasteiger partial charge in [0.25, 0.3) is 5.91 Å². The highest BCUT2D eigenvalue weighted by Gasteiger charge is 2.25. The Hall–Kier alpha value is -1.39. The molecule has 2 aliphatic heterocycles. The predicted octanol–water partition coefficient (Wildman–Crippen LogP) is 2.62. The van der Waals surface area contributed by atoms with Gasteiger partial charge in [-0.05, 0) is 50.8 Å². The Morgan fingerprint density at radius 1 is 1.13 bits per heavy atom. The van der Waals surface area contributed by atoms with E-state index >= 15 is 0 Å². The van der Waals surface area contributed by atoms with Gasteiger partial charge >= 0.3 is 0 Å². The molecule has 1 atom stereocenters. The molecule has 3 rings (SSSR count). The highest BCUT2D eigenvalue weighted by atomic mass is 16.2. The standard InChI is InChI=1S/C19H29N3O/c1-15-6-4-5-11-22(15)14-16-7-2-3-8-18(16)19(23)21-12-9-17(20)10-13-21/h2-3,7-8,15,17H,4-6,9-14,20H2,1H3. The van der Waals surface area contributed by atoms with Crippen LogP contribution in [0.15, 0.2) is 24.3 Å². The lowest BCUT2D eigenvalue weighted by molar-refractivity contribution is 0.0710. The fourth-order valence-electron chi connectivity index (χ4n) is 3.75. The molecule has 2 N–H and O–H groups in total. The lowest BCUT2D eigenvalue weighted by Gasteiger charge is -2.34. The zero-order valence-electron chi connectivity index (χ0n) is 14.2. The molecule has 2 saturated heterocycles. The van der Waals surface area contributed by atoms with E-state index < -0.39 is 0 Å². The van der Waals surface area contributed by atoms with Crippen LogP contribution in [0.4, 0.5) is 0 Å². The van der Waals surface area contributed by atoms with E-state index in [1.807, 2.05) is 23.1 Å². The van der Waals surface area contributed by atoms with E-state index in [2.05, 4.69) is 17.9 Å². The SMILES string of the molecule is CC1CCCCN1Cc1ccccc1C(=O)N1CCC(N)CC1. The van der Waals surface area contributed by atoms with Crippen LogP contribution >= 0.6 is 0 Å². The average Bonchev–Trinajstić information content (AvgIpc) is 2.57. The number of piperidine rings is 2. The molecular weight excluding hydrogens is 286 g/mol. The number of benzene rings is 1. The molecule has 1 aromatic rings. The third-order valence-corrected chi connectivity index (χ3v) is 5.39. The van der Waals surface area contributed by atoms with Crippen LogP contribution in [0.5, 0.6) is 0 Å². The second-order valence-electron chi connectivity index (χ2n) is 7.10. The van der Waals surface area contributed by atoms with Gasteiger partial charge in [0.2, 0.25) is 0 Å². The summed E-state index contributed by atoms with van der Waals surface area (Å²) in [6, 6.07) is 8.99. The van der Waals surface area contributed by atoms with Crippen LogP contribution in [0.3, 0.4) is 0 Å². The number of likely N-dealkylation sites (tertiary alicyclic amines) is 2. The predicted molar refractivity (Wildman–Crippen MR) is 93.3 cm³/mol. The van der Waals surface area contributed by atoms with Gasteiger partial charge in [0, 0.05) is 37.3 Å². The second-order valence-corrected chi connectivity index (χ2v) is 7.10. The maximum Gasteiger partial charge on any atom is 0.254 e. The molecular formula is C19H29N3O. The topological polar surface area (TPSA) is 49.6 Å². The Morgan fingerprint density at radius 2 is 1.87 bits per heavy atom. The summed E-state index contributed by atoms with van der Waals surface area (Å²) in [6.45, 7) is 5.90. The van der Waals surface area contributed by atoms with Crippen LogP contribution in [0.1, 0.15) is 54.9 Å². The number of nitrogens with zero attached hydrogens (tertiary/aromatic N) is 2. The third-order valence-electron chi connectivity index (χ3n) is 5.39. The zero-order valence-corrected chi connectivity index (χ0v) is 14.2. The van der Waals surface area contributed by atoms with E-state index in [0.717, 1.165) is 44.6 Å². The first-order chi connectivity index (χ1) is 11.1. The molecule has 1 amide bonds. The molecule has 0 bridgehead atoms. The molecule has 23 heavy (non-hydrogen) atoms. The van der Waals surface area contributed by atoms with Gasteiger partial charge in [-0.15, -0.1) is 0 Å². The van der Waals surface area contributed by atoms with E-state index in [1.54, 1.807) is 0 Å². The Labute approximate surface area is 139 Å². The van der Waals surface area contributed by atoms with E-state index in [-0.39, 0.29) is 11.9 Å². The van der Waals surface area contributed by atoms with Crippen molar-refractivity contribution in [1.82, 2.24) is 9.80 Å². The molecule has 1 aromatic carbocycles. The fraction of sp³-hybridized carbons (Fsp3) is 0.632. The molecule has 2 aliphatic rings. The van der Waals surface area contributed by atoms with E-state index in [9.17, 15) is 4.79 Å². The van der Waals surface area contributed by atoms with Gasteiger partial charge in [-0.3, -0.25) is 9.69 Å². The Bertz CT molecular complexity index is 537. The first kappa shape index (κ1) is 16.5. The highest BCUT2D eigenvalue weighted by Crippen LogP contribution is 2.22. The van der Waals surface area contributed by atoms with Crippen molar-refractivity contribution in [1.29, 1.82) is 0 Å². The van der Waals surface area contributed by atoms with Crippen molar-refractivity contribution < 1.29 is 4.79 Å². The summed E-state index contributed by atoms with van der Waals surface area (Å²) in [4.78, 5) is 17.4. The normalized spacial score (nSPS) is 23.9. The Morgan fingerprint density at radius 3 is 2.61 bits per heavy atom. The summed E-state index contributed by atoms with van der Waals surface area (Å²) >= 11 is 0. The monoisotopic (exact) mass is 315 g/mol. The second kappa shape index (κ2) is 7.45. The van der Waals surface area contributed by atoms with Gasteiger partial charge in [0.05, 0.1) is 0 Å². The maximum absolute atomic E-state index is 12.9. The zero-order chi connectivity index (χ0) is 16.2. The molecule has 1 unspecified atom stereocenters. The first-order valence-corrected chi connectivity index (χ1v) is 9.02. The molecule has 0 spiro atoms. The molecule has 4 nitrogen and oxygen atoms in total. The van der Waals surface area contributed by atoms with E-state index in [1.165, 1.54) is 24.8 Å². The van der Waals surface area contributed by atoms with Gasteiger partial charge in [0.1, 0.15) is 0 Å². The first-order valence-electron chi connectivity index (χ1n) is 9.02. The molecule has 0 aromatic heterocycles. The Balaban J connectivity index is 1.73. The highest BCUT2D eigenvalue weighted by molar-refractivity contribution is 5.95. The number of amides is 1. The maximum atomic E-state index is 12.9. The van der Waals surface area contributed by atoms with Crippen LogP contribution in [-0.4, -0.2) is 47.4 Å². The molecule has 0 aliphatic carbocycles. The number of carbonyl (C=O) groups is 1. The molecule has 0 saturated carbocycles. The molecule has 126 valence electrons. The Kier molecular flexibility index (Phi) is 5.34. The summed E-state index contributed by atoms with van der Waals surface area (Å²) in [5.74, 6) is 0.178. The lowest BCUT2D eigenvalue weighted by atomic mass is 9.99. The summed E-state index contributed by atoms with van der Waals surface area (Å²) in [5.41, 5.74) is 8.00. The van der Waals surface area contributed by atoms with Crippen molar-refractivity contribution in [2.24, 2.45) is 5.73 Å². The van der Waals surface area contributed by atoms with Crippen molar-refractivity contribution in [3.8, 4) is 0 Å². The van der Waals surface area contributed by atoms with Crippen molar-refractivity contribution in [2.45, 2.75) is 57.7 Å². The van der Waals surface area contributed by atoms with Crippen LogP contribution in [0.2, 0.25) is 0 Å². The summed E-state index contributed by atoms with van der Waals surface area (Å²) in [5, 5.41) is 0. The third kappa shape index (κ3) is 3.93. The number of rotatable bonds is 3. The van der Waals surface area contributed by atoms with Crippen molar-refractivity contribution >= 4 is 5.91 Å². The fourth-order valence-corrected chi connectivity index (χ4v) is 3.75. The van der Waals surface area contributed by atoms with Gasteiger partial charge in [-0.2, -0.15) is 0 Å². The lowest BCUT2D eigenvalue weighted by Crippen LogP contribution is -2.43. The molecule has 0 radical (unpaired) electrons. The minimum Gasteiger partial charge on any atom is -0.339 e. The van der Waals surface area contributed by atoms with E-state index in [0.29, 0.717) is 6.04 Å². The number of hydrogen-bond acceptors (Lipinski definition) is 3. The summed E-state index contributed by atoms with van der Waals surface area (Å²) in [6.07, 6.45) is 5.69. The molecule has 4 heteroatoms. The number of nitrogens with two attached hydrogens (primary N) is 1. The van der Waals surface area contributed by atoms with Crippen LogP contribution < -0.4 is 5.73 Å². The van der Waals surface area contributed by atoms with Crippen LogP contribution in [0, 0.1) is 0 Å². The minimum absolute atomic E-state index is 0.178. The quantitative estimate of drug-likeness (QED) is 0.933. The van der Waals surface area contributed by atoms with Crippen molar-refractivity contribution in [3.05, 3.63) is 35.4 Å². The smallest absolute Gasteiger partial charge is 0.254 e. The molecule has 2 fully saturated rings. The number of carbonyl (C=O) groups excluding carboxylic acids is 1. The van der Waals surface area contributed by atoms with Gasteiger partial charge in [0.15, 0.2) is 0 Å².